The van der Waals surface area contributed by atoms with Crippen LogP contribution in [-0.2, 0) is 25.5 Å². The summed E-state index contributed by atoms with van der Waals surface area (Å²) < 4.78 is 32.8. The van der Waals surface area contributed by atoms with Gasteiger partial charge in [-0.2, -0.15) is 5.26 Å². The van der Waals surface area contributed by atoms with Crippen molar-refractivity contribution in [1.82, 2.24) is 15.1 Å². The largest absolute Gasteiger partial charge is 0.504 e. The molecule has 2 aromatic carbocycles. The average molecular weight is 798 g/mol. The predicted molar refractivity (Wildman–Crippen MR) is 188 cm³/mol. The highest BCUT2D eigenvalue weighted by molar-refractivity contribution is 7.99. The fraction of sp³-hybridized carbons (Fsp3) is 0.529. The van der Waals surface area contributed by atoms with E-state index in [-0.39, 0.29) is 36.7 Å². The molecule has 2 fully saturated rings. The first kappa shape index (κ1) is 36.8. The lowest BCUT2D eigenvalue weighted by Gasteiger charge is -2.61. The number of benzene rings is 2. The molecule has 2 aromatic rings. The van der Waals surface area contributed by atoms with Crippen molar-refractivity contribution >= 4 is 64.6 Å². The maximum atomic E-state index is 13.7. The molecule has 2 saturated heterocycles. The van der Waals surface area contributed by atoms with Gasteiger partial charge in [0.15, 0.2) is 23.0 Å². The van der Waals surface area contributed by atoms with Crippen LogP contribution in [0.4, 0.5) is 4.79 Å². The van der Waals surface area contributed by atoms with Gasteiger partial charge in [0.25, 0.3) is 0 Å². The minimum Gasteiger partial charge on any atom is -0.504 e. The molecule has 52 heavy (non-hydrogen) atoms. The van der Waals surface area contributed by atoms with Crippen molar-refractivity contribution in [3.05, 3.63) is 39.4 Å². The van der Waals surface area contributed by atoms with E-state index >= 15 is 0 Å². The van der Waals surface area contributed by atoms with Gasteiger partial charge < -0.3 is 38.8 Å². The summed E-state index contributed by atoms with van der Waals surface area (Å²) in [6, 6.07) is 0.309. The van der Waals surface area contributed by atoms with Gasteiger partial charge >= 0.3 is 18.0 Å². The lowest BCUT2D eigenvalue weighted by Crippen LogP contribution is -2.69. The molecule has 7 rings (SSSR count). The molecule has 0 aliphatic carbocycles. The Morgan fingerprint density at radius 2 is 1.88 bits per heavy atom. The number of aromatic hydroxyl groups is 1. The van der Waals surface area contributed by atoms with E-state index in [1.54, 1.807) is 6.92 Å². The Hall–Kier alpha value is -3.52. The number of thioether (sulfide) groups is 1. The van der Waals surface area contributed by atoms with E-state index in [4.69, 9.17) is 63.2 Å². The van der Waals surface area contributed by atoms with Crippen LogP contribution in [-0.4, -0.2) is 101 Å². The monoisotopic (exact) mass is 796 g/mol. The van der Waals surface area contributed by atoms with E-state index in [2.05, 4.69) is 21.2 Å². The maximum absolute atomic E-state index is 13.7. The first-order valence-corrected chi connectivity index (χ1v) is 18.6. The first-order chi connectivity index (χ1) is 24.7. The van der Waals surface area contributed by atoms with Gasteiger partial charge in [0.2, 0.25) is 10.6 Å². The number of esters is 2. The van der Waals surface area contributed by atoms with E-state index in [1.807, 2.05) is 20.0 Å². The number of fused-ring (bicyclic) bond motifs is 9. The molecule has 5 aliphatic rings. The smallest absolute Gasteiger partial charge is 0.408 e. The number of nitrogens with one attached hydrogen (secondary N) is 1. The summed E-state index contributed by atoms with van der Waals surface area (Å²) in [5.74, 6) is -0.00818. The molecule has 4 bridgehead atoms. The van der Waals surface area contributed by atoms with Crippen LogP contribution in [0.5, 0.6) is 28.7 Å². The lowest BCUT2D eigenvalue weighted by molar-refractivity contribution is -0.151. The van der Waals surface area contributed by atoms with Gasteiger partial charge in [0.05, 0.1) is 30.5 Å². The highest BCUT2D eigenvalue weighted by Crippen LogP contribution is 2.64. The summed E-state index contributed by atoms with van der Waals surface area (Å²) in [5, 5.41) is 24.7. The Kier molecular flexibility index (Phi) is 9.71. The Balaban J connectivity index is 1.45. The third kappa shape index (κ3) is 6.01. The minimum absolute atomic E-state index is 0.00825. The quantitative estimate of drug-likeness (QED) is 0.248. The summed E-state index contributed by atoms with van der Waals surface area (Å²) >= 11 is 18.6. The number of carbonyl (C=O) groups is 3. The number of cyclic esters (lactones) is 1. The van der Waals surface area contributed by atoms with E-state index in [0.29, 0.717) is 45.9 Å². The number of nitriles is 1. The molecule has 5 heterocycles. The Labute approximate surface area is 318 Å². The number of methoxy groups -OCH3 is 1. The number of halogens is 3. The van der Waals surface area contributed by atoms with Crippen LogP contribution in [0, 0.1) is 25.2 Å². The lowest BCUT2D eigenvalue weighted by atomic mass is 9.71. The number of alkyl halides is 3. The second-order valence-electron chi connectivity index (χ2n) is 13.3. The van der Waals surface area contributed by atoms with E-state index in [1.165, 1.54) is 25.8 Å². The number of carbonyl (C=O) groups excluding carboxylic acids is 3. The molecule has 0 aromatic heterocycles. The predicted octanol–water partition coefficient (Wildman–Crippen LogP) is 4.70. The molecule has 5 aliphatic heterocycles. The Morgan fingerprint density at radius 3 is 2.56 bits per heavy atom. The number of piperazine rings is 1. The fourth-order valence-electron chi connectivity index (χ4n) is 8.40. The number of hydrogen-bond acceptors (Lipinski definition) is 14. The van der Waals surface area contributed by atoms with Gasteiger partial charge in [-0.05, 0) is 38.4 Å². The number of phenolic OH excluding ortho intramolecular Hbond substituents is 1. The number of ether oxygens (including phenoxy) is 6. The molecule has 14 nitrogen and oxygen atoms in total. The van der Waals surface area contributed by atoms with Crippen LogP contribution in [0.1, 0.15) is 57.6 Å². The number of aryl methyl sites for hydroxylation is 1. The van der Waals surface area contributed by atoms with Gasteiger partial charge in [-0.15, -0.1) is 11.8 Å². The highest BCUT2D eigenvalue weighted by atomic mass is 35.6. The van der Waals surface area contributed by atoms with Crippen molar-refractivity contribution in [2.45, 2.75) is 72.5 Å². The van der Waals surface area contributed by atoms with Crippen molar-refractivity contribution in [1.29, 1.82) is 5.26 Å². The van der Waals surface area contributed by atoms with Crippen LogP contribution in [0.3, 0.4) is 0 Å². The van der Waals surface area contributed by atoms with Gasteiger partial charge in [0.1, 0.15) is 31.0 Å². The molecular weight excluding hydrogens is 763 g/mol. The standard InChI is InChI=1S/C34H35Cl3N4O10S/c1-13-6-16-7-18-19(8-38)41-20-9-47-32(44)17(39-33(45)48-11-34(35,36)37)10-52-31(25(41)24(40(18)4)21(16)26(43)27(13)46-5)23-22(20)30-29(49-12-50-30)14(2)28(23)51-15(3)42/h6,17-20,24-25,31,43H,7,9-12H2,1-5H3,(H,39,45)/t17?,18?,19-,20?,24?,25?,31?/m0/s1. The van der Waals surface area contributed by atoms with E-state index < -0.39 is 63.9 Å². The SMILES string of the molecule is COc1c(C)cc2c(c1O)C1C3C4SCC(NC(=O)OCC(Cl)(Cl)Cl)C(=O)OCC(c5c6c(c(C)c(OC(C)=O)c54)OCO6)N3[C@@H](C#N)C(C2)N1C. The molecule has 0 spiro atoms. The second-order valence-corrected chi connectivity index (χ2v) is 17.0. The number of hydrogen-bond donors (Lipinski definition) is 2. The number of nitrogens with zero attached hydrogens (tertiary/aromatic N) is 3. The van der Waals surface area contributed by atoms with Crippen molar-refractivity contribution in [2.75, 3.05) is 39.9 Å². The van der Waals surface area contributed by atoms with Crippen LogP contribution in [0.25, 0.3) is 0 Å². The maximum Gasteiger partial charge on any atom is 0.408 e. The molecular formula is C34H35Cl3N4O10S. The van der Waals surface area contributed by atoms with Gasteiger partial charge in [-0.25, -0.2) is 9.59 Å². The summed E-state index contributed by atoms with van der Waals surface area (Å²) in [4.78, 5) is 43.4. The highest BCUT2D eigenvalue weighted by Gasteiger charge is 2.60. The third-order valence-electron chi connectivity index (χ3n) is 10.3. The van der Waals surface area contributed by atoms with Gasteiger partial charge in [0, 0.05) is 47.0 Å². The topological polar surface area (TPSA) is 169 Å². The van der Waals surface area contributed by atoms with Crippen molar-refractivity contribution in [3.8, 4) is 34.8 Å². The van der Waals surface area contributed by atoms with Crippen molar-refractivity contribution in [2.24, 2.45) is 0 Å². The fourth-order valence-corrected chi connectivity index (χ4v) is 10.1. The summed E-state index contributed by atoms with van der Waals surface area (Å²) in [6.07, 6.45) is -0.553. The molecule has 0 radical (unpaired) electrons. The second kappa shape index (κ2) is 13.7. The first-order valence-electron chi connectivity index (χ1n) is 16.4. The zero-order valence-corrected chi connectivity index (χ0v) is 31.7. The zero-order chi connectivity index (χ0) is 37.4. The third-order valence-corrected chi connectivity index (χ3v) is 12.0. The molecule has 2 N–H and O–H groups in total. The van der Waals surface area contributed by atoms with Gasteiger partial charge in [-0.1, -0.05) is 40.9 Å². The number of alkyl carbamates (subject to hydrolysis) is 1. The van der Waals surface area contributed by atoms with E-state index in [0.717, 1.165) is 11.1 Å². The van der Waals surface area contributed by atoms with Crippen LogP contribution < -0.4 is 24.3 Å². The van der Waals surface area contributed by atoms with Crippen LogP contribution >= 0.6 is 46.6 Å². The van der Waals surface area contributed by atoms with Crippen molar-refractivity contribution in [3.63, 3.8) is 0 Å². The molecule has 0 saturated carbocycles. The Morgan fingerprint density at radius 1 is 1.15 bits per heavy atom. The molecule has 7 atom stereocenters. The zero-order valence-electron chi connectivity index (χ0n) is 28.7. The van der Waals surface area contributed by atoms with Crippen LogP contribution in [0.15, 0.2) is 6.07 Å². The van der Waals surface area contributed by atoms with Crippen molar-refractivity contribution < 1.29 is 47.9 Å². The Bertz CT molecular complexity index is 1900. The molecule has 278 valence electrons. The van der Waals surface area contributed by atoms with E-state index in [9.17, 15) is 24.8 Å². The average Bonchev–Trinajstić information content (AvgIpc) is 3.57. The summed E-state index contributed by atoms with van der Waals surface area (Å²) in [7, 11) is 3.42. The number of amides is 1. The summed E-state index contributed by atoms with van der Waals surface area (Å²) in [5.41, 5.74) is 3.97. The number of likely N-dealkylation sites (N-methyl/N-ethyl adjacent to an activating group) is 1. The molecule has 6 unspecified atom stereocenters. The van der Waals surface area contributed by atoms with Crippen LogP contribution in [0.2, 0.25) is 0 Å². The van der Waals surface area contributed by atoms with Gasteiger partial charge in [-0.3, -0.25) is 14.6 Å². The molecule has 1 amide bonds. The number of rotatable bonds is 4. The normalized spacial score (nSPS) is 27.7. The summed E-state index contributed by atoms with van der Waals surface area (Å²) in [6.45, 7) is 3.97. The minimum atomic E-state index is -1.88. The molecule has 18 heteroatoms. The number of phenols is 1.